The van der Waals surface area contributed by atoms with E-state index in [1.54, 1.807) is 11.2 Å². The molecule has 0 bridgehead atoms. The Morgan fingerprint density at radius 2 is 1.75 bits per heavy atom. The van der Waals surface area contributed by atoms with Crippen LogP contribution in [0.3, 0.4) is 0 Å². The number of anilines is 1. The highest BCUT2D eigenvalue weighted by molar-refractivity contribution is 7.89. The fourth-order valence-corrected chi connectivity index (χ4v) is 4.82. The van der Waals surface area contributed by atoms with E-state index in [0.29, 0.717) is 31.1 Å². The lowest BCUT2D eigenvalue weighted by Gasteiger charge is -2.26. The molecule has 1 aromatic heterocycles. The van der Waals surface area contributed by atoms with Gasteiger partial charge in [0, 0.05) is 48.9 Å². The predicted molar refractivity (Wildman–Crippen MR) is 114 cm³/mol. The van der Waals surface area contributed by atoms with E-state index in [1.165, 1.54) is 0 Å². The molecule has 2 heterocycles. The summed E-state index contributed by atoms with van der Waals surface area (Å²) in [6, 6.07) is 7.81. The Kier molecular flexibility index (Phi) is 6.58. The Labute approximate surface area is 172 Å². The van der Waals surface area contributed by atoms with Gasteiger partial charge in [0.2, 0.25) is 10.0 Å². The zero-order chi connectivity index (χ0) is 20.3. The number of nitrogens with zero attached hydrogens (tertiary/aromatic N) is 4. The van der Waals surface area contributed by atoms with Gasteiger partial charge in [0.1, 0.15) is 11.6 Å². The number of sulfonamides is 1. The topological polar surface area (TPSA) is 66.4 Å². The van der Waals surface area contributed by atoms with Gasteiger partial charge in [-0.1, -0.05) is 23.7 Å². The zero-order valence-corrected chi connectivity index (χ0v) is 18.2. The molecule has 1 aromatic carbocycles. The number of benzene rings is 1. The minimum Gasteiger partial charge on any atom is -0.355 e. The largest absolute Gasteiger partial charge is 0.355 e. The molecule has 152 valence electrons. The van der Waals surface area contributed by atoms with E-state index in [0.717, 1.165) is 41.4 Å². The molecule has 1 saturated heterocycles. The summed E-state index contributed by atoms with van der Waals surface area (Å²) in [6.45, 7) is 8.05. The van der Waals surface area contributed by atoms with E-state index in [9.17, 15) is 8.42 Å². The van der Waals surface area contributed by atoms with Gasteiger partial charge in [-0.15, -0.1) is 0 Å². The Bertz CT molecular complexity index is 932. The van der Waals surface area contributed by atoms with Gasteiger partial charge in [0.05, 0.1) is 5.75 Å². The quantitative estimate of drug-likeness (QED) is 0.740. The van der Waals surface area contributed by atoms with Crippen LogP contribution in [0, 0.1) is 13.8 Å². The first-order valence-electron chi connectivity index (χ1n) is 9.61. The van der Waals surface area contributed by atoms with Gasteiger partial charge in [-0.2, -0.15) is 0 Å². The normalized spacial score (nSPS) is 16.2. The number of hydrogen-bond donors (Lipinski definition) is 0. The number of hydrogen-bond acceptors (Lipinski definition) is 5. The van der Waals surface area contributed by atoms with Crippen LogP contribution in [0.4, 0.5) is 5.82 Å². The smallest absolute Gasteiger partial charge is 0.213 e. The summed E-state index contributed by atoms with van der Waals surface area (Å²) in [6.07, 6.45) is 1.49. The van der Waals surface area contributed by atoms with Crippen molar-refractivity contribution in [2.75, 3.05) is 36.8 Å². The second kappa shape index (κ2) is 8.76. The van der Waals surface area contributed by atoms with Crippen LogP contribution in [0.5, 0.6) is 0 Å². The van der Waals surface area contributed by atoms with Crippen LogP contribution in [0.2, 0.25) is 5.02 Å². The molecule has 1 aliphatic rings. The monoisotopic (exact) mass is 422 g/mol. The Morgan fingerprint density at radius 1 is 1.04 bits per heavy atom. The molecule has 28 heavy (non-hydrogen) atoms. The van der Waals surface area contributed by atoms with Crippen molar-refractivity contribution in [2.45, 2.75) is 33.6 Å². The zero-order valence-electron chi connectivity index (χ0n) is 16.7. The van der Waals surface area contributed by atoms with E-state index in [1.807, 2.05) is 38.1 Å². The maximum absolute atomic E-state index is 12.3. The van der Waals surface area contributed by atoms with Crippen molar-refractivity contribution < 1.29 is 8.42 Å². The molecule has 3 rings (SSSR count). The van der Waals surface area contributed by atoms with Crippen molar-refractivity contribution in [1.82, 2.24) is 14.3 Å². The highest BCUT2D eigenvalue weighted by atomic mass is 35.5. The molecule has 0 unspecified atom stereocenters. The standard InChI is InChI=1S/C20H27ClN4O2S/c1-4-28(26,27)25-11-5-10-24(12-13-25)20-19(15(2)22-16(3)23-20)14-17-6-8-18(21)9-7-17/h6-9H,4-5,10-14H2,1-3H3. The van der Waals surface area contributed by atoms with E-state index < -0.39 is 10.0 Å². The van der Waals surface area contributed by atoms with Crippen molar-refractivity contribution >= 4 is 27.4 Å². The van der Waals surface area contributed by atoms with E-state index in [4.69, 9.17) is 16.6 Å². The Hall–Kier alpha value is -1.70. The number of aromatic nitrogens is 2. The summed E-state index contributed by atoms with van der Waals surface area (Å²) >= 11 is 6.01. The van der Waals surface area contributed by atoms with Crippen molar-refractivity contribution in [2.24, 2.45) is 0 Å². The summed E-state index contributed by atoms with van der Waals surface area (Å²) in [5, 5.41) is 0.714. The Morgan fingerprint density at radius 3 is 2.43 bits per heavy atom. The minimum atomic E-state index is -3.17. The molecule has 6 nitrogen and oxygen atoms in total. The van der Waals surface area contributed by atoms with Crippen molar-refractivity contribution in [1.29, 1.82) is 0 Å². The fourth-order valence-electron chi connectivity index (χ4n) is 3.56. The van der Waals surface area contributed by atoms with E-state index in [-0.39, 0.29) is 5.75 Å². The van der Waals surface area contributed by atoms with E-state index >= 15 is 0 Å². The van der Waals surface area contributed by atoms with Gasteiger partial charge in [0.15, 0.2) is 0 Å². The molecule has 0 atom stereocenters. The first-order valence-corrected chi connectivity index (χ1v) is 11.6. The maximum Gasteiger partial charge on any atom is 0.213 e. The van der Waals surface area contributed by atoms with Crippen LogP contribution in [0.1, 0.15) is 36.0 Å². The van der Waals surface area contributed by atoms with Crippen LogP contribution >= 0.6 is 11.6 Å². The second-order valence-electron chi connectivity index (χ2n) is 7.10. The lowest BCUT2D eigenvalue weighted by atomic mass is 10.0. The minimum absolute atomic E-state index is 0.139. The summed E-state index contributed by atoms with van der Waals surface area (Å²) in [7, 11) is -3.17. The number of rotatable bonds is 5. The third-order valence-corrected chi connectivity index (χ3v) is 7.24. The van der Waals surface area contributed by atoms with Crippen LogP contribution < -0.4 is 4.90 Å². The third-order valence-electron chi connectivity index (χ3n) is 5.11. The number of aryl methyl sites for hydroxylation is 2. The van der Waals surface area contributed by atoms with Crippen LogP contribution in [0.25, 0.3) is 0 Å². The molecule has 1 fully saturated rings. The average Bonchev–Trinajstić information content (AvgIpc) is 2.92. The second-order valence-corrected chi connectivity index (χ2v) is 9.80. The SMILES string of the molecule is CCS(=O)(=O)N1CCCN(c2nc(C)nc(C)c2Cc2ccc(Cl)cc2)CC1. The van der Waals surface area contributed by atoms with Gasteiger partial charge in [0.25, 0.3) is 0 Å². The molecule has 0 amide bonds. The van der Waals surface area contributed by atoms with Gasteiger partial charge < -0.3 is 4.90 Å². The maximum atomic E-state index is 12.3. The Balaban J connectivity index is 1.89. The van der Waals surface area contributed by atoms with E-state index in [2.05, 4.69) is 9.88 Å². The molecule has 0 aliphatic carbocycles. The lowest BCUT2D eigenvalue weighted by Crippen LogP contribution is -2.36. The summed E-state index contributed by atoms with van der Waals surface area (Å²) in [4.78, 5) is 11.5. The molecule has 8 heteroatoms. The molecular weight excluding hydrogens is 396 g/mol. The van der Waals surface area contributed by atoms with Gasteiger partial charge in [-0.25, -0.2) is 22.7 Å². The highest BCUT2D eigenvalue weighted by Crippen LogP contribution is 2.26. The van der Waals surface area contributed by atoms with Crippen LogP contribution in [-0.2, 0) is 16.4 Å². The van der Waals surface area contributed by atoms with Gasteiger partial charge in [-0.05, 0) is 44.9 Å². The summed E-state index contributed by atoms with van der Waals surface area (Å²) in [5.74, 6) is 1.78. The first kappa shape index (κ1) is 21.0. The van der Waals surface area contributed by atoms with Crippen molar-refractivity contribution in [3.8, 4) is 0 Å². The molecule has 0 spiro atoms. The summed E-state index contributed by atoms with van der Waals surface area (Å²) in [5.41, 5.74) is 3.19. The molecule has 2 aromatic rings. The molecule has 0 radical (unpaired) electrons. The summed E-state index contributed by atoms with van der Waals surface area (Å²) < 4.78 is 26.1. The lowest BCUT2D eigenvalue weighted by molar-refractivity contribution is 0.434. The van der Waals surface area contributed by atoms with Gasteiger partial charge in [-0.3, -0.25) is 0 Å². The van der Waals surface area contributed by atoms with Crippen LogP contribution in [0.15, 0.2) is 24.3 Å². The highest BCUT2D eigenvalue weighted by Gasteiger charge is 2.25. The average molecular weight is 423 g/mol. The predicted octanol–water partition coefficient (Wildman–Crippen LogP) is 3.20. The molecular formula is C20H27ClN4O2S. The molecule has 1 aliphatic heterocycles. The van der Waals surface area contributed by atoms with Crippen molar-refractivity contribution in [3.05, 3.63) is 51.9 Å². The van der Waals surface area contributed by atoms with Crippen molar-refractivity contribution in [3.63, 3.8) is 0 Å². The molecule has 0 saturated carbocycles. The number of halogens is 1. The van der Waals surface area contributed by atoms with Crippen LogP contribution in [-0.4, -0.2) is 54.6 Å². The fraction of sp³-hybridized carbons (Fsp3) is 0.500. The first-order chi connectivity index (χ1) is 13.3. The third kappa shape index (κ3) is 4.82. The molecule has 0 N–H and O–H groups in total. The van der Waals surface area contributed by atoms with Gasteiger partial charge >= 0.3 is 0 Å².